The van der Waals surface area contributed by atoms with Crippen LogP contribution in [0.15, 0.2) is 42.9 Å². The van der Waals surface area contributed by atoms with Gasteiger partial charge in [-0.25, -0.2) is 15.0 Å². The van der Waals surface area contributed by atoms with Crippen LogP contribution in [0.1, 0.15) is 17.7 Å². The van der Waals surface area contributed by atoms with E-state index in [1.54, 1.807) is 12.4 Å². The molecule has 1 aliphatic carbocycles. The van der Waals surface area contributed by atoms with Crippen LogP contribution in [0.5, 0.6) is 0 Å². The average Bonchev–Trinajstić information content (AvgIpc) is 3.23. The lowest BCUT2D eigenvalue weighted by Gasteiger charge is -2.37. The van der Waals surface area contributed by atoms with Crippen LogP contribution in [0, 0.1) is 0 Å². The van der Waals surface area contributed by atoms with Crippen molar-refractivity contribution in [3.63, 3.8) is 0 Å². The molecule has 2 aliphatic rings. The topological polar surface area (TPSA) is 84.1 Å². The number of nitrogen functional groups attached to an aromatic ring is 1. The van der Waals surface area contributed by atoms with Gasteiger partial charge < -0.3 is 15.5 Å². The molecule has 2 N–H and O–H groups in total. The summed E-state index contributed by atoms with van der Waals surface area (Å²) in [6.07, 6.45) is 8.72. The molecule has 0 amide bonds. The highest BCUT2D eigenvalue weighted by Gasteiger charge is 2.26. The highest BCUT2D eigenvalue weighted by atomic mass is 15.3. The number of piperazine rings is 1. The van der Waals surface area contributed by atoms with Crippen LogP contribution in [0.4, 0.5) is 17.3 Å². The molecule has 0 bridgehead atoms. The molecule has 0 spiro atoms. The smallest absolute Gasteiger partial charge is 0.161 e. The molecule has 7 heteroatoms. The zero-order valence-corrected chi connectivity index (χ0v) is 15.8. The maximum absolute atomic E-state index is 5.71. The van der Waals surface area contributed by atoms with Crippen molar-refractivity contribution in [1.29, 1.82) is 0 Å². The number of fused-ring (bicyclic) bond motifs is 1. The van der Waals surface area contributed by atoms with Crippen LogP contribution in [0.2, 0.25) is 0 Å². The van der Waals surface area contributed by atoms with E-state index in [-0.39, 0.29) is 0 Å². The Morgan fingerprint density at radius 1 is 0.857 bits per heavy atom. The van der Waals surface area contributed by atoms with E-state index in [2.05, 4.69) is 19.8 Å². The predicted molar refractivity (Wildman–Crippen MR) is 110 cm³/mol. The fraction of sp³-hybridized carbons (Fsp3) is 0.333. The quantitative estimate of drug-likeness (QED) is 0.754. The standard InChI is InChI=1S/C21H23N7/c22-19-5-4-16(14-24-19)27-10-12-28(13-11-27)21-17-2-1-3-18(17)25-20(26-21)15-6-8-23-9-7-15/h4-9,14H,1-3,10-13H2,(H2,22,24). The normalized spacial score (nSPS) is 16.3. The van der Waals surface area contributed by atoms with Gasteiger partial charge in [-0.05, 0) is 43.5 Å². The van der Waals surface area contributed by atoms with Gasteiger partial charge in [0.25, 0.3) is 0 Å². The zero-order chi connectivity index (χ0) is 18.9. The van der Waals surface area contributed by atoms with E-state index in [0.29, 0.717) is 5.82 Å². The SMILES string of the molecule is Nc1ccc(N2CCN(c3nc(-c4ccncc4)nc4c3CCC4)CC2)cn1. The Labute approximate surface area is 164 Å². The largest absolute Gasteiger partial charge is 0.384 e. The number of nitrogens with zero attached hydrogens (tertiary/aromatic N) is 6. The van der Waals surface area contributed by atoms with Crippen LogP contribution < -0.4 is 15.5 Å². The summed E-state index contributed by atoms with van der Waals surface area (Å²) in [4.78, 5) is 22.9. The molecule has 0 aromatic carbocycles. The van der Waals surface area contributed by atoms with Gasteiger partial charge >= 0.3 is 0 Å². The lowest BCUT2D eigenvalue weighted by molar-refractivity contribution is 0.644. The number of pyridine rings is 2. The van der Waals surface area contributed by atoms with Crippen molar-refractivity contribution in [3.05, 3.63) is 54.1 Å². The van der Waals surface area contributed by atoms with Crippen LogP contribution in [0.3, 0.4) is 0 Å². The van der Waals surface area contributed by atoms with Crippen molar-refractivity contribution in [2.75, 3.05) is 41.7 Å². The van der Waals surface area contributed by atoms with Crippen LogP contribution in [-0.2, 0) is 12.8 Å². The van der Waals surface area contributed by atoms with Gasteiger partial charge in [0, 0.05) is 55.4 Å². The number of nitrogens with two attached hydrogens (primary N) is 1. The lowest BCUT2D eigenvalue weighted by atomic mass is 10.1. The molecule has 7 nitrogen and oxygen atoms in total. The predicted octanol–water partition coefficient (Wildman–Crippen LogP) is 2.33. The van der Waals surface area contributed by atoms with Gasteiger partial charge in [0.05, 0.1) is 11.9 Å². The Kier molecular flexibility index (Phi) is 4.27. The van der Waals surface area contributed by atoms with Gasteiger partial charge in [-0.3, -0.25) is 4.98 Å². The summed E-state index contributed by atoms with van der Waals surface area (Å²) in [5, 5.41) is 0. The number of hydrogen-bond donors (Lipinski definition) is 1. The first-order valence-corrected chi connectivity index (χ1v) is 9.79. The Hall–Kier alpha value is -3.22. The second kappa shape index (κ2) is 7.07. The minimum Gasteiger partial charge on any atom is -0.384 e. The molecule has 142 valence electrons. The molecule has 0 radical (unpaired) electrons. The van der Waals surface area contributed by atoms with E-state index < -0.39 is 0 Å². The molecule has 5 rings (SSSR count). The van der Waals surface area contributed by atoms with Crippen molar-refractivity contribution in [3.8, 4) is 11.4 Å². The molecule has 28 heavy (non-hydrogen) atoms. The molecule has 0 unspecified atom stereocenters. The fourth-order valence-electron chi connectivity index (χ4n) is 4.07. The minimum atomic E-state index is 0.558. The molecular weight excluding hydrogens is 350 g/mol. The lowest BCUT2D eigenvalue weighted by Crippen LogP contribution is -2.47. The van der Waals surface area contributed by atoms with E-state index in [0.717, 1.165) is 68.3 Å². The third-order valence-corrected chi connectivity index (χ3v) is 5.56. The minimum absolute atomic E-state index is 0.558. The van der Waals surface area contributed by atoms with E-state index in [4.69, 9.17) is 15.7 Å². The first kappa shape index (κ1) is 16.9. The first-order chi connectivity index (χ1) is 13.8. The Balaban J connectivity index is 1.41. The molecule has 3 aromatic heterocycles. The van der Waals surface area contributed by atoms with Crippen molar-refractivity contribution in [2.45, 2.75) is 19.3 Å². The molecule has 4 heterocycles. The number of rotatable bonds is 3. The van der Waals surface area contributed by atoms with Gasteiger partial charge in [-0.1, -0.05) is 0 Å². The maximum Gasteiger partial charge on any atom is 0.161 e. The summed E-state index contributed by atoms with van der Waals surface area (Å²) in [5.74, 6) is 2.48. The average molecular weight is 373 g/mol. The molecule has 3 aromatic rings. The number of aryl methyl sites for hydroxylation is 1. The van der Waals surface area contributed by atoms with Gasteiger partial charge in [0.15, 0.2) is 5.82 Å². The van der Waals surface area contributed by atoms with E-state index in [1.165, 1.54) is 11.3 Å². The summed E-state index contributed by atoms with van der Waals surface area (Å²) in [6, 6.07) is 7.86. The second-order valence-electron chi connectivity index (χ2n) is 7.30. The third kappa shape index (κ3) is 3.13. The molecule has 0 atom stereocenters. The molecule has 1 fully saturated rings. The van der Waals surface area contributed by atoms with Crippen molar-refractivity contribution in [2.24, 2.45) is 0 Å². The molecule has 1 saturated heterocycles. The Morgan fingerprint density at radius 3 is 2.39 bits per heavy atom. The monoisotopic (exact) mass is 373 g/mol. The van der Waals surface area contributed by atoms with Crippen molar-refractivity contribution < 1.29 is 0 Å². The van der Waals surface area contributed by atoms with Gasteiger partial charge in [-0.2, -0.15) is 0 Å². The first-order valence-electron chi connectivity index (χ1n) is 9.79. The van der Waals surface area contributed by atoms with Crippen molar-refractivity contribution >= 4 is 17.3 Å². The highest BCUT2D eigenvalue weighted by Crippen LogP contribution is 2.32. The van der Waals surface area contributed by atoms with Crippen LogP contribution in [0.25, 0.3) is 11.4 Å². The molecular formula is C21H23N7. The van der Waals surface area contributed by atoms with E-state index in [1.807, 2.05) is 30.5 Å². The van der Waals surface area contributed by atoms with Crippen molar-refractivity contribution in [1.82, 2.24) is 19.9 Å². The van der Waals surface area contributed by atoms with Gasteiger partial charge in [-0.15, -0.1) is 0 Å². The molecule has 1 aliphatic heterocycles. The van der Waals surface area contributed by atoms with Crippen LogP contribution in [-0.4, -0.2) is 46.1 Å². The van der Waals surface area contributed by atoms with Crippen LogP contribution >= 0.6 is 0 Å². The highest BCUT2D eigenvalue weighted by molar-refractivity contribution is 5.62. The van der Waals surface area contributed by atoms with E-state index in [9.17, 15) is 0 Å². The number of anilines is 3. The fourth-order valence-corrected chi connectivity index (χ4v) is 4.07. The summed E-state index contributed by atoms with van der Waals surface area (Å²) in [5.41, 5.74) is 10.4. The number of aromatic nitrogens is 4. The summed E-state index contributed by atoms with van der Waals surface area (Å²) in [6.45, 7) is 3.75. The van der Waals surface area contributed by atoms with Gasteiger partial charge in [0.1, 0.15) is 11.6 Å². The number of hydrogen-bond acceptors (Lipinski definition) is 7. The Bertz CT molecular complexity index is 964. The zero-order valence-electron chi connectivity index (χ0n) is 15.8. The maximum atomic E-state index is 5.71. The summed E-state index contributed by atoms with van der Waals surface area (Å²) >= 11 is 0. The van der Waals surface area contributed by atoms with E-state index >= 15 is 0 Å². The van der Waals surface area contributed by atoms with Gasteiger partial charge in [0.2, 0.25) is 0 Å². The summed E-state index contributed by atoms with van der Waals surface area (Å²) in [7, 11) is 0. The second-order valence-corrected chi connectivity index (χ2v) is 7.30. The Morgan fingerprint density at radius 2 is 1.64 bits per heavy atom. The third-order valence-electron chi connectivity index (χ3n) is 5.56. The molecule has 0 saturated carbocycles. The summed E-state index contributed by atoms with van der Waals surface area (Å²) < 4.78 is 0.